The molecule has 0 saturated carbocycles. The Morgan fingerprint density at radius 1 is 0.964 bits per heavy atom. The number of hydrogen-bond donors (Lipinski definition) is 5. The number of likely N-dealkylation sites (tertiary alicyclic amines) is 1. The molecule has 3 rings (SSSR count). The minimum Gasteiger partial charge on any atom is -0.465 e. The van der Waals surface area contributed by atoms with E-state index in [0.29, 0.717) is 39.6 Å². The van der Waals surface area contributed by atoms with Gasteiger partial charge in [0.05, 0.1) is 74.5 Å². The summed E-state index contributed by atoms with van der Waals surface area (Å²) in [5.41, 5.74) is 4.02. The Kier molecular flexibility index (Phi) is 19.4. The molecule has 0 bridgehead atoms. The molecule has 4 amide bonds. The zero-order valence-corrected chi connectivity index (χ0v) is 33.8. The molecule has 1 fully saturated rings. The third-order valence-corrected chi connectivity index (χ3v) is 10.00. The Morgan fingerprint density at radius 2 is 1.58 bits per heavy atom. The molecule has 5 N–H and O–H groups in total. The highest BCUT2D eigenvalue weighted by atomic mass is 32.1. The van der Waals surface area contributed by atoms with Crippen molar-refractivity contribution in [2.24, 2.45) is 5.41 Å². The molecule has 1 aliphatic rings. The van der Waals surface area contributed by atoms with E-state index in [1.807, 2.05) is 71.4 Å². The fourth-order valence-corrected chi connectivity index (χ4v) is 6.73. The first kappa shape index (κ1) is 45.7. The first-order chi connectivity index (χ1) is 26.2. The minimum absolute atomic E-state index is 0.0180. The van der Waals surface area contributed by atoms with Crippen molar-refractivity contribution >= 4 is 35.2 Å². The van der Waals surface area contributed by atoms with E-state index in [2.05, 4.69) is 25.8 Å². The Balaban J connectivity index is 1.33. The van der Waals surface area contributed by atoms with Crippen molar-refractivity contribution in [1.82, 2.24) is 30.7 Å². The molecular formula is C38H60N6O10S. The van der Waals surface area contributed by atoms with Crippen LogP contribution in [0.15, 0.2) is 29.8 Å². The summed E-state index contributed by atoms with van der Waals surface area (Å²) in [5.74, 6) is -1.30. The van der Waals surface area contributed by atoms with Gasteiger partial charge in [-0.1, -0.05) is 45.0 Å². The Hall–Kier alpha value is -3.71. The normalized spacial score (nSPS) is 16.9. The summed E-state index contributed by atoms with van der Waals surface area (Å²) in [6, 6.07) is 5.71. The van der Waals surface area contributed by atoms with Crippen LogP contribution in [0.4, 0.5) is 4.79 Å². The van der Waals surface area contributed by atoms with Gasteiger partial charge >= 0.3 is 6.09 Å². The van der Waals surface area contributed by atoms with E-state index in [4.69, 9.17) is 24.1 Å². The average Bonchev–Trinajstić information content (AvgIpc) is 3.75. The van der Waals surface area contributed by atoms with Gasteiger partial charge in [0.15, 0.2) is 0 Å². The summed E-state index contributed by atoms with van der Waals surface area (Å²) in [4.78, 5) is 59.6. The molecule has 1 saturated heterocycles. The van der Waals surface area contributed by atoms with E-state index in [1.54, 1.807) is 11.3 Å². The number of hydrogen-bond acceptors (Lipinski definition) is 12. The molecule has 1 aromatic carbocycles. The summed E-state index contributed by atoms with van der Waals surface area (Å²) >= 11 is 1.57. The number of β-amino-alcohol motifs (C(OH)–C–C–N with tert-alkyl or cyclic N) is 1. The maximum atomic E-state index is 13.9. The quantitative estimate of drug-likeness (QED) is 0.0975. The molecule has 308 valence electrons. The number of carboxylic acid groups (broad SMARTS) is 1. The largest absolute Gasteiger partial charge is 0.465 e. The highest BCUT2D eigenvalue weighted by molar-refractivity contribution is 7.13. The van der Waals surface area contributed by atoms with Crippen molar-refractivity contribution in [3.63, 3.8) is 0 Å². The van der Waals surface area contributed by atoms with Crippen molar-refractivity contribution in [2.75, 3.05) is 86.1 Å². The van der Waals surface area contributed by atoms with Crippen LogP contribution in [0.1, 0.15) is 57.8 Å². The van der Waals surface area contributed by atoms with E-state index >= 15 is 0 Å². The smallest absolute Gasteiger partial charge is 0.404 e. The zero-order valence-electron chi connectivity index (χ0n) is 33.0. The fraction of sp³-hybridized carbons (Fsp3) is 0.658. The molecule has 16 nitrogen and oxygen atoms in total. The second-order valence-corrected chi connectivity index (χ2v) is 15.5. The number of amides is 4. The number of thiazole rings is 1. The van der Waals surface area contributed by atoms with Crippen LogP contribution in [0.5, 0.6) is 0 Å². The van der Waals surface area contributed by atoms with Gasteiger partial charge in [-0.2, -0.15) is 0 Å². The molecule has 0 aliphatic carbocycles. The van der Waals surface area contributed by atoms with Crippen molar-refractivity contribution in [1.29, 1.82) is 0 Å². The lowest BCUT2D eigenvalue weighted by atomic mass is 9.85. The van der Waals surface area contributed by atoms with Crippen molar-refractivity contribution in [3.05, 3.63) is 41.0 Å². The third kappa shape index (κ3) is 16.1. The molecule has 0 radical (unpaired) electrons. The van der Waals surface area contributed by atoms with Crippen molar-refractivity contribution < 1.29 is 48.3 Å². The Morgan fingerprint density at radius 3 is 2.16 bits per heavy atom. The molecule has 4 atom stereocenters. The number of aliphatic hydroxyl groups is 1. The summed E-state index contributed by atoms with van der Waals surface area (Å²) in [6.07, 6.45) is -1.07. The average molecular weight is 793 g/mol. The lowest BCUT2D eigenvalue weighted by Gasteiger charge is -2.35. The molecule has 55 heavy (non-hydrogen) atoms. The predicted octanol–water partition coefficient (Wildman–Crippen LogP) is 2.44. The second kappa shape index (κ2) is 23.4. The predicted molar refractivity (Wildman–Crippen MR) is 208 cm³/mol. The number of nitrogens with zero attached hydrogens (tertiary/aromatic N) is 3. The molecule has 1 aromatic heterocycles. The van der Waals surface area contributed by atoms with Gasteiger partial charge in [-0.05, 0) is 50.4 Å². The number of nitrogens with one attached hydrogen (secondary N) is 3. The second-order valence-electron chi connectivity index (χ2n) is 14.7. The molecule has 0 unspecified atom stereocenters. The lowest BCUT2D eigenvalue weighted by Crippen LogP contribution is -2.58. The van der Waals surface area contributed by atoms with E-state index < -0.39 is 41.5 Å². The minimum atomic E-state index is -1.02. The molecule has 2 aromatic rings. The monoisotopic (exact) mass is 792 g/mol. The van der Waals surface area contributed by atoms with Crippen LogP contribution in [0.3, 0.4) is 0 Å². The Labute approximate surface area is 328 Å². The first-order valence-corrected chi connectivity index (χ1v) is 19.6. The van der Waals surface area contributed by atoms with Gasteiger partial charge in [0.25, 0.3) is 0 Å². The van der Waals surface area contributed by atoms with Gasteiger partial charge < -0.3 is 54.9 Å². The van der Waals surface area contributed by atoms with E-state index in [9.17, 15) is 24.3 Å². The van der Waals surface area contributed by atoms with Crippen LogP contribution >= 0.6 is 11.3 Å². The van der Waals surface area contributed by atoms with Gasteiger partial charge in [-0.3, -0.25) is 14.4 Å². The van der Waals surface area contributed by atoms with Gasteiger partial charge in [-0.25, -0.2) is 9.78 Å². The maximum absolute atomic E-state index is 13.9. The lowest BCUT2D eigenvalue weighted by molar-refractivity contribution is -0.144. The van der Waals surface area contributed by atoms with Gasteiger partial charge in [-0.15, -0.1) is 11.3 Å². The standard InChI is InChI=1S/C38H60N6O10S/c1-26(28-8-10-29(11-9-28)33-27(2)40-25-55-33)41-35(47)31-22-30(45)23-44(31)36(48)34(38(3,4)5)42-32(46)24-54-21-20-53-19-18-52-17-16-51-15-14-43(6)13-7-12-39-37(49)50/h8-11,25-26,30-31,34,39,45H,7,12-24H2,1-6H3,(H,41,47)(H,42,46)(H,49,50)/t26-,30+,31-,34+/m0/s1. The summed E-state index contributed by atoms with van der Waals surface area (Å²) < 4.78 is 22.0. The van der Waals surface area contributed by atoms with E-state index in [0.717, 1.165) is 41.2 Å². The number of aryl methyl sites for hydroxylation is 1. The number of ether oxygens (including phenoxy) is 4. The Bertz CT molecular complexity index is 1490. The third-order valence-electron chi connectivity index (χ3n) is 9.02. The van der Waals surface area contributed by atoms with Crippen LogP contribution < -0.4 is 16.0 Å². The van der Waals surface area contributed by atoms with Crippen LogP contribution in [0, 0.1) is 12.3 Å². The van der Waals surface area contributed by atoms with Gasteiger partial charge in [0, 0.05) is 26.1 Å². The van der Waals surface area contributed by atoms with Crippen molar-refractivity contribution in [3.8, 4) is 10.4 Å². The number of carbonyl (C=O) groups is 4. The molecule has 2 heterocycles. The van der Waals surface area contributed by atoms with Gasteiger partial charge in [0.1, 0.15) is 18.7 Å². The SMILES string of the molecule is Cc1ncsc1-c1ccc([C@H](C)NC(=O)[C@@H]2C[C@@H](O)CN2C(=O)[C@@H](NC(=O)COCCOCCOCCOCCN(C)CCCNC(=O)O)C(C)(C)C)cc1. The summed E-state index contributed by atoms with van der Waals surface area (Å²) in [5, 5.41) is 27.2. The highest BCUT2D eigenvalue weighted by Crippen LogP contribution is 2.29. The maximum Gasteiger partial charge on any atom is 0.404 e. The van der Waals surface area contributed by atoms with Crippen LogP contribution in [-0.4, -0.2) is 153 Å². The summed E-state index contributed by atoms with van der Waals surface area (Å²) in [6.45, 7) is 13.5. The molecule has 17 heteroatoms. The summed E-state index contributed by atoms with van der Waals surface area (Å²) in [7, 11) is 1.95. The first-order valence-electron chi connectivity index (χ1n) is 18.7. The van der Waals surface area contributed by atoms with Crippen LogP contribution in [-0.2, 0) is 33.3 Å². The van der Waals surface area contributed by atoms with Crippen LogP contribution in [0.25, 0.3) is 10.4 Å². The van der Waals surface area contributed by atoms with Gasteiger partial charge in [0.2, 0.25) is 17.7 Å². The van der Waals surface area contributed by atoms with E-state index in [-0.39, 0.29) is 44.7 Å². The zero-order chi connectivity index (χ0) is 40.4. The number of likely N-dealkylation sites (N-methyl/N-ethyl adjacent to an activating group) is 1. The number of aliphatic hydroxyl groups excluding tert-OH is 1. The topological polar surface area (TPSA) is 201 Å². The number of benzene rings is 1. The molecule has 1 aliphatic heterocycles. The number of rotatable bonds is 24. The van der Waals surface area contributed by atoms with E-state index in [1.165, 1.54) is 4.90 Å². The highest BCUT2D eigenvalue weighted by Gasteiger charge is 2.44. The number of aromatic nitrogens is 1. The van der Waals surface area contributed by atoms with Crippen molar-refractivity contribution in [2.45, 2.75) is 71.7 Å². The molecule has 0 spiro atoms. The van der Waals surface area contributed by atoms with Crippen LogP contribution in [0.2, 0.25) is 0 Å². The number of carbonyl (C=O) groups excluding carboxylic acids is 3. The fourth-order valence-electron chi connectivity index (χ4n) is 5.92. The molecular weight excluding hydrogens is 733 g/mol.